The summed E-state index contributed by atoms with van der Waals surface area (Å²) in [5.74, 6) is 0. The topological polar surface area (TPSA) is 3.88 Å². The Morgan fingerprint density at radius 1 is 0.944 bits per heavy atom. The van der Waals surface area contributed by atoms with E-state index < -0.39 is 0 Å². The maximum Gasteiger partial charge on any atom is 0.160 e. The van der Waals surface area contributed by atoms with Gasteiger partial charge in [0.15, 0.2) is 6.20 Å². The van der Waals surface area contributed by atoms with Crippen molar-refractivity contribution in [2.45, 2.75) is 0 Å². The monoisotopic (exact) mass is 412 g/mol. The summed E-state index contributed by atoms with van der Waals surface area (Å²) in [5.41, 5.74) is 2.34. The van der Waals surface area contributed by atoms with Crippen LogP contribution in [0.25, 0.3) is 22.0 Å². The van der Waals surface area contributed by atoms with Crippen molar-refractivity contribution in [3.05, 3.63) is 66.9 Å². The molecule has 18 heavy (non-hydrogen) atoms. The van der Waals surface area contributed by atoms with Gasteiger partial charge in [0, 0.05) is 31.6 Å². The van der Waals surface area contributed by atoms with Crippen LogP contribution in [-0.4, -0.2) is 0 Å². The number of benzene rings is 2. The molecule has 1 radical (unpaired) electrons. The second-order valence-electron chi connectivity index (χ2n) is 4.14. The molecule has 1 nitrogen and oxygen atoms in total. The largest absolute Gasteiger partial charge is 0.241 e. The number of rotatable bonds is 1. The van der Waals surface area contributed by atoms with Crippen LogP contribution in [0.2, 0.25) is 0 Å². The predicted octanol–water partition coefficient (Wildman–Crippen LogP) is 3.13. The average molecular weight is 412 g/mol. The molecule has 0 spiro atoms. The van der Waals surface area contributed by atoms with E-state index in [0.717, 1.165) is 5.56 Å². The maximum atomic E-state index is 3.30. The number of hydrogen-bond donors (Lipinski definition) is 0. The Bertz CT molecular complexity index is 662. The van der Waals surface area contributed by atoms with Gasteiger partial charge in [-0.1, -0.05) is 29.8 Å². The fourth-order valence-corrected chi connectivity index (χ4v) is 2.19. The summed E-state index contributed by atoms with van der Waals surface area (Å²) in [4.78, 5) is 0. The molecule has 1 aromatic heterocycles. The molecule has 3 aromatic rings. The molecular weight excluding hydrogens is 398 g/mol. The molecule has 3 rings (SSSR count). The first-order chi connectivity index (χ1) is 8.36. The van der Waals surface area contributed by atoms with Gasteiger partial charge in [0.2, 0.25) is 0 Å². The van der Waals surface area contributed by atoms with Crippen LogP contribution in [0.5, 0.6) is 0 Å². The van der Waals surface area contributed by atoms with Gasteiger partial charge in [-0.2, -0.15) is 0 Å². The normalized spacial score (nSPS) is 10.1. The van der Waals surface area contributed by atoms with Crippen molar-refractivity contribution in [1.82, 2.24) is 0 Å². The molecule has 0 bridgehead atoms. The summed E-state index contributed by atoms with van der Waals surface area (Å²) < 4.78 is 2.15. The standard InChI is InChI=1S/C16H13N.Ir/c1-17-12-11-13-7-5-6-10-15(13)16(17)14-8-3-2-4-9-14;/h2-8,10-12H,1H3;. The fraction of sp³-hybridized carbons (Fsp3) is 0.0625. The minimum atomic E-state index is 0. The molecule has 0 fully saturated rings. The molecule has 0 atom stereocenters. The summed E-state index contributed by atoms with van der Waals surface area (Å²) in [6, 6.07) is 22.0. The first-order valence-corrected chi connectivity index (χ1v) is 5.71. The van der Waals surface area contributed by atoms with E-state index in [1.807, 2.05) is 18.2 Å². The Morgan fingerprint density at radius 2 is 1.72 bits per heavy atom. The smallest absolute Gasteiger partial charge is 0.160 e. The van der Waals surface area contributed by atoms with Gasteiger partial charge in [-0.3, -0.25) is 0 Å². The molecule has 0 amide bonds. The van der Waals surface area contributed by atoms with Crippen LogP contribution >= 0.6 is 0 Å². The van der Waals surface area contributed by atoms with Crippen LogP contribution in [0.1, 0.15) is 0 Å². The van der Waals surface area contributed by atoms with Crippen molar-refractivity contribution < 1.29 is 24.7 Å². The van der Waals surface area contributed by atoms with Gasteiger partial charge in [0.25, 0.3) is 0 Å². The number of nitrogens with zero attached hydrogens (tertiary/aromatic N) is 1. The molecular formula is C16H13IrN. The first-order valence-electron chi connectivity index (χ1n) is 5.71. The van der Waals surface area contributed by atoms with Gasteiger partial charge < -0.3 is 0 Å². The molecule has 0 unspecified atom stereocenters. The number of hydrogen-bond acceptors (Lipinski definition) is 0. The van der Waals surface area contributed by atoms with Crippen LogP contribution in [0.4, 0.5) is 0 Å². The molecule has 1 heterocycles. The third-order valence-electron chi connectivity index (χ3n) is 3.01. The summed E-state index contributed by atoms with van der Waals surface area (Å²) in [7, 11) is 2.07. The van der Waals surface area contributed by atoms with E-state index in [1.165, 1.54) is 16.5 Å². The van der Waals surface area contributed by atoms with Crippen molar-refractivity contribution in [2.24, 2.45) is 7.05 Å². The third-order valence-corrected chi connectivity index (χ3v) is 3.01. The first kappa shape index (κ1) is 12.9. The molecule has 91 valence electrons. The molecule has 2 heteroatoms. The average Bonchev–Trinajstić information content (AvgIpc) is 2.39. The van der Waals surface area contributed by atoms with E-state index in [1.54, 1.807) is 0 Å². The van der Waals surface area contributed by atoms with Crippen LogP contribution in [0.3, 0.4) is 0 Å². The predicted molar refractivity (Wildman–Crippen MR) is 69.4 cm³/mol. The Labute approximate surface area is 120 Å². The van der Waals surface area contributed by atoms with Crippen molar-refractivity contribution in [2.75, 3.05) is 0 Å². The Hall–Kier alpha value is -1.50. The van der Waals surface area contributed by atoms with Crippen LogP contribution < -0.4 is 4.57 Å². The molecule has 2 aromatic carbocycles. The zero-order valence-corrected chi connectivity index (χ0v) is 12.4. The maximum absolute atomic E-state index is 3.30. The van der Waals surface area contributed by atoms with Gasteiger partial charge >= 0.3 is 0 Å². The zero-order valence-electron chi connectivity index (χ0n) is 10.1. The van der Waals surface area contributed by atoms with Crippen molar-refractivity contribution in [3.63, 3.8) is 0 Å². The summed E-state index contributed by atoms with van der Waals surface area (Å²) in [5, 5.41) is 2.53. The summed E-state index contributed by atoms with van der Waals surface area (Å²) in [6.07, 6.45) is 2.10. The molecule has 0 aliphatic heterocycles. The quantitative estimate of drug-likeness (QED) is 0.428. The SMILES string of the molecule is C[n+]1ccc2ccccc2c1-c1[c-]cccc1.[Ir]. The van der Waals surface area contributed by atoms with Gasteiger partial charge in [0.05, 0.1) is 0 Å². The number of aromatic nitrogens is 1. The van der Waals surface area contributed by atoms with Crippen LogP contribution in [0, 0.1) is 6.07 Å². The number of pyridine rings is 1. The molecule has 0 saturated heterocycles. The van der Waals surface area contributed by atoms with Gasteiger partial charge in [0.1, 0.15) is 12.7 Å². The van der Waals surface area contributed by atoms with E-state index in [9.17, 15) is 0 Å². The minimum Gasteiger partial charge on any atom is -0.241 e. The summed E-state index contributed by atoms with van der Waals surface area (Å²) >= 11 is 0. The minimum absolute atomic E-state index is 0. The molecule has 0 saturated carbocycles. The Morgan fingerprint density at radius 3 is 2.50 bits per heavy atom. The Balaban J connectivity index is 0.00000120. The second kappa shape index (κ2) is 5.43. The van der Waals surface area contributed by atoms with E-state index in [4.69, 9.17) is 0 Å². The van der Waals surface area contributed by atoms with E-state index >= 15 is 0 Å². The van der Waals surface area contributed by atoms with Gasteiger partial charge in [-0.05, 0) is 5.39 Å². The number of aryl methyl sites for hydroxylation is 1. The fourth-order valence-electron chi connectivity index (χ4n) is 2.19. The van der Waals surface area contributed by atoms with Gasteiger partial charge in [-0.25, -0.2) is 4.57 Å². The molecule has 0 aliphatic carbocycles. The van der Waals surface area contributed by atoms with E-state index in [2.05, 4.69) is 60.3 Å². The van der Waals surface area contributed by atoms with E-state index in [0.29, 0.717) is 0 Å². The van der Waals surface area contributed by atoms with Gasteiger partial charge in [-0.15, -0.1) is 30.3 Å². The Kier molecular flexibility index (Phi) is 3.90. The zero-order chi connectivity index (χ0) is 11.7. The summed E-state index contributed by atoms with van der Waals surface area (Å²) in [6.45, 7) is 0. The second-order valence-corrected chi connectivity index (χ2v) is 4.14. The third kappa shape index (κ3) is 2.22. The van der Waals surface area contributed by atoms with Crippen molar-refractivity contribution in [3.8, 4) is 11.3 Å². The van der Waals surface area contributed by atoms with E-state index in [-0.39, 0.29) is 20.1 Å². The molecule has 0 aliphatic rings. The van der Waals surface area contributed by atoms with Crippen molar-refractivity contribution >= 4 is 10.8 Å². The van der Waals surface area contributed by atoms with Crippen molar-refractivity contribution in [1.29, 1.82) is 0 Å². The van der Waals surface area contributed by atoms with Crippen LogP contribution in [-0.2, 0) is 27.2 Å². The number of fused-ring (bicyclic) bond motifs is 1. The molecule has 0 N–H and O–H groups in total. The van der Waals surface area contributed by atoms with Crippen LogP contribution in [0.15, 0.2) is 60.8 Å².